The fourth-order valence-corrected chi connectivity index (χ4v) is 2.65. The highest BCUT2D eigenvalue weighted by molar-refractivity contribution is 5.82. The largest absolute Gasteiger partial charge is 0.394 e. The molecule has 11 nitrogen and oxygen atoms in total. The van der Waals surface area contributed by atoms with Crippen molar-refractivity contribution >= 4 is 17.0 Å². The molecule has 3 rings (SSSR count). The number of anilines is 1. The van der Waals surface area contributed by atoms with E-state index in [1.54, 1.807) is 0 Å². The summed E-state index contributed by atoms with van der Waals surface area (Å²) in [5.74, 6) is 0.282. The third-order valence-electron chi connectivity index (χ3n) is 3.91. The van der Waals surface area contributed by atoms with E-state index in [2.05, 4.69) is 20.4 Å². The highest BCUT2D eigenvalue weighted by Crippen LogP contribution is 2.39. The molecule has 0 saturated carbocycles. The molecule has 2 aromatic rings. The van der Waals surface area contributed by atoms with Gasteiger partial charge in [-0.25, -0.2) is 20.4 Å². The van der Waals surface area contributed by atoms with Crippen LogP contribution in [0.25, 0.3) is 11.2 Å². The third-order valence-corrected chi connectivity index (χ3v) is 3.91. The van der Waals surface area contributed by atoms with Crippen molar-refractivity contribution in [3.05, 3.63) is 12.7 Å². The van der Waals surface area contributed by atoms with Crippen LogP contribution in [0.4, 0.5) is 5.82 Å². The predicted octanol–water partition coefficient (Wildman–Crippen LogP) is -1.84. The van der Waals surface area contributed by atoms with Crippen LogP contribution in [0.15, 0.2) is 12.7 Å². The van der Waals surface area contributed by atoms with Gasteiger partial charge in [-0.2, -0.15) is 0 Å². The number of imidazole rings is 1. The Hall–Kier alpha value is -1.89. The SMILES string of the molecule is C[C@@]1(O)[C@H](O)[C@@H](CO)O[C@H]1n1cnc2c(NOCCO)ncnc21. The van der Waals surface area contributed by atoms with E-state index in [0.29, 0.717) is 11.2 Å². The summed E-state index contributed by atoms with van der Waals surface area (Å²) in [5.41, 5.74) is 1.62. The molecule has 24 heavy (non-hydrogen) atoms. The highest BCUT2D eigenvalue weighted by Gasteiger charge is 2.53. The van der Waals surface area contributed by atoms with Gasteiger partial charge < -0.3 is 25.2 Å². The molecule has 1 fully saturated rings. The average molecular weight is 341 g/mol. The summed E-state index contributed by atoms with van der Waals surface area (Å²) in [7, 11) is 0. The summed E-state index contributed by atoms with van der Waals surface area (Å²) in [4.78, 5) is 17.3. The number of nitrogens with one attached hydrogen (secondary N) is 1. The topological polar surface area (TPSA) is 155 Å². The first-order valence-electron chi connectivity index (χ1n) is 7.33. The van der Waals surface area contributed by atoms with E-state index in [1.807, 2.05) is 0 Å². The van der Waals surface area contributed by atoms with E-state index >= 15 is 0 Å². The van der Waals surface area contributed by atoms with Crippen LogP contribution in [0.1, 0.15) is 13.2 Å². The summed E-state index contributed by atoms with van der Waals surface area (Å²) in [6, 6.07) is 0. The first-order valence-corrected chi connectivity index (χ1v) is 7.33. The van der Waals surface area contributed by atoms with Crippen LogP contribution in [-0.4, -0.2) is 77.6 Å². The second kappa shape index (κ2) is 6.55. The summed E-state index contributed by atoms with van der Waals surface area (Å²) < 4.78 is 7.01. The summed E-state index contributed by atoms with van der Waals surface area (Å²) in [5, 5.41) is 38.6. The maximum Gasteiger partial charge on any atom is 0.181 e. The smallest absolute Gasteiger partial charge is 0.181 e. The Bertz CT molecular complexity index is 707. The average Bonchev–Trinajstić information content (AvgIpc) is 3.08. The van der Waals surface area contributed by atoms with Gasteiger partial charge in [0.25, 0.3) is 0 Å². The Morgan fingerprint density at radius 3 is 2.83 bits per heavy atom. The van der Waals surface area contributed by atoms with Gasteiger partial charge in [0, 0.05) is 0 Å². The fraction of sp³-hybridized carbons (Fsp3) is 0.615. The van der Waals surface area contributed by atoms with E-state index < -0.39 is 30.6 Å². The molecular formula is C13H19N5O6. The summed E-state index contributed by atoms with van der Waals surface area (Å²) in [6.07, 6.45) is -0.514. The number of hydrogen-bond acceptors (Lipinski definition) is 10. The van der Waals surface area contributed by atoms with Gasteiger partial charge >= 0.3 is 0 Å². The summed E-state index contributed by atoms with van der Waals surface area (Å²) in [6.45, 7) is 0.887. The van der Waals surface area contributed by atoms with Crippen molar-refractivity contribution in [2.75, 3.05) is 25.3 Å². The van der Waals surface area contributed by atoms with E-state index in [4.69, 9.17) is 14.7 Å². The van der Waals surface area contributed by atoms with Crippen molar-refractivity contribution in [1.29, 1.82) is 0 Å². The number of fused-ring (bicyclic) bond motifs is 1. The fourth-order valence-electron chi connectivity index (χ4n) is 2.65. The number of aliphatic hydroxyl groups excluding tert-OH is 3. The van der Waals surface area contributed by atoms with E-state index in [-0.39, 0.29) is 19.0 Å². The molecule has 2 aromatic heterocycles. The van der Waals surface area contributed by atoms with Crippen molar-refractivity contribution in [2.45, 2.75) is 31.0 Å². The Kier molecular flexibility index (Phi) is 4.62. The van der Waals surface area contributed by atoms with Gasteiger partial charge in [-0.1, -0.05) is 0 Å². The van der Waals surface area contributed by atoms with Crippen molar-refractivity contribution in [1.82, 2.24) is 19.5 Å². The zero-order valence-corrected chi connectivity index (χ0v) is 12.9. The van der Waals surface area contributed by atoms with Gasteiger partial charge in [0.05, 0.1) is 26.1 Å². The number of aromatic nitrogens is 4. The van der Waals surface area contributed by atoms with Crippen LogP contribution in [0.2, 0.25) is 0 Å². The van der Waals surface area contributed by atoms with Crippen LogP contribution in [0.5, 0.6) is 0 Å². The lowest BCUT2D eigenvalue weighted by atomic mass is 9.96. The molecule has 0 bridgehead atoms. The molecule has 1 aliphatic rings. The molecule has 0 amide bonds. The first kappa shape index (κ1) is 17.0. The lowest BCUT2D eigenvalue weighted by molar-refractivity contribution is -0.0950. The molecule has 0 spiro atoms. The Morgan fingerprint density at radius 1 is 1.38 bits per heavy atom. The Labute approximate surface area is 136 Å². The Morgan fingerprint density at radius 2 is 2.17 bits per heavy atom. The molecule has 11 heteroatoms. The molecule has 0 aromatic carbocycles. The van der Waals surface area contributed by atoms with Gasteiger partial charge in [0.1, 0.15) is 24.1 Å². The third kappa shape index (κ3) is 2.70. The minimum Gasteiger partial charge on any atom is -0.394 e. The molecule has 132 valence electrons. The molecule has 4 atom stereocenters. The first-order chi connectivity index (χ1) is 11.5. The molecular weight excluding hydrogens is 322 g/mol. The van der Waals surface area contributed by atoms with Crippen LogP contribution >= 0.6 is 0 Å². The number of aliphatic hydroxyl groups is 4. The van der Waals surface area contributed by atoms with Crippen LogP contribution < -0.4 is 5.48 Å². The second-order valence-electron chi connectivity index (χ2n) is 5.60. The maximum absolute atomic E-state index is 10.6. The van der Waals surface area contributed by atoms with Crippen molar-refractivity contribution < 1.29 is 30.0 Å². The normalized spacial score (nSPS) is 30.1. The molecule has 0 radical (unpaired) electrons. The molecule has 1 aliphatic heterocycles. The van der Waals surface area contributed by atoms with E-state index in [0.717, 1.165) is 0 Å². The van der Waals surface area contributed by atoms with Gasteiger partial charge in [-0.15, -0.1) is 0 Å². The lowest BCUT2D eigenvalue weighted by Crippen LogP contribution is -2.44. The van der Waals surface area contributed by atoms with Gasteiger partial charge in [0.15, 0.2) is 23.2 Å². The number of ether oxygens (including phenoxy) is 1. The minimum absolute atomic E-state index is 0.0665. The quantitative estimate of drug-likeness (QED) is 0.299. The predicted molar refractivity (Wildman–Crippen MR) is 79.6 cm³/mol. The Balaban J connectivity index is 1.95. The number of hydrogen-bond donors (Lipinski definition) is 5. The van der Waals surface area contributed by atoms with Crippen LogP contribution in [0, 0.1) is 0 Å². The van der Waals surface area contributed by atoms with Crippen molar-refractivity contribution in [3.8, 4) is 0 Å². The monoisotopic (exact) mass is 341 g/mol. The molecule has 3 heterocycles. The molecule has 0 unspecified atom stereocenters. The highest BCUT2D eigenvalue weighted by atomic mass is 16.6. The van der Waals surface area contributed by atoms with Gasteiger partial charge in [0.2, 0.25) is 0 Å². The number of rotatable bonds is 6. The van der Waals surface area contributed by atoms with E-state index in [9.17, 15) is 15.3 Å². The van der Waals surface area contributed by atoms with Gasteiger partial charge in [-0.05, 0) is 6.92 Å². The minimum atomic E-state index is -1.65. The molecule has 1 saturated heterocycles. The number of nitrogens with zero attached hydrogens (tertiary/aromatic N) is 4. The van der Waals surface area contributed by atoms with Crippen LogP contribution in [-0.2, 0) is 9.57 Å². The van der Waals surface area contributed by atoms with Crippen LogP contribution in [0.3, 0.4) is 0 Å². The summed E-state index contributed by atoms with van der Waals surface area (Å²) >= 11 is 0. The molecule has 5 N–H and O–H groups in total. The van der Waals surface area contributed by atoms with E-state index in [1.165, 1.54) is 24.1 Å². The van der Waals surface area contributed by atoms with Gasteiger partial charge in [-0.3, -0.25) is 9.40 Å². The van der Waals surface area contributed by atoms with Crippen molar-refractivity contribution in [3.63, 3.8) is 0 Å². The van der Waals surface area contributed by atoms with Crippen molar-refractivity contribution in [2.24, 2.45) is 0 Å². The molecule has 0 aliphatic carbocycles. The standard InChI is InChI=1S/C13H19N5O6/c1-13(22)9(21)7(4-20)24-12(13)18-6-16-8-10(17-23-3-2-19)14-5-15-11(8)18/h5-7,9,12,19-22H,2-4H2,1H3,(H,14,15,17)/t7-,9-,12-,13-/m1/s1. The lowest BCUT2D eigenvalue weighted by Gasteiger charge is -2.27. The maximum atomic E-state index is 10.6. The zero-order valence-electron chi connectivity index (χ0n) is 12.9. The zero-order chi connectivity index (χ0) is 17.3. The second-order valence-corrected chi connectivity index (χ2v) is 5.60.